The van der Waals surface area contributed by atoms with Crippen LogP contribution >= 0.6 is 0 Å². The molecule has 6 heteroatoms. The van der Waals surface area contributed by atoms with E-state index >= 15 is 0 Å². The number of benzene rings is 2. The van der Waals surface area contributed by atoms with Crippen molar-refractivity contribution >= 4 is 11.8 Å². The van der Waals surface area contributed by atoms with E-state index in [4.69, 9.17) is 4.74 Å². The van der Waals surface area contributed by atoms with Crippen molar-refractivity contribution in [2.45, 2.75) is 76.2 Å². The number of hydrogen-bond donors (Lipinski definition) is 2. The summed E-state index contributed by atoms with van der Waals surface area (Å²) in [4.78, 5) is 27.1. The lowest BCUT2D eigenvalue weighted by atomic mass is 9.91. The highest BCUT2D eigenvalue weighted by atomic mass is 16.5. The zero-order valence-corrected chi connectivity index (χ0v) is 19.8. The molecule has 0 radical (unpaired) electrons. The van der Waals surface area contributed by atoms with Crippen molar-refractivity contribution in [1.29, 1.82) is 0 Å². The largest absolute Gasteiger partial charge is 0.489 e. The summed E-state index contributed by atoms with van der Waals surface area (Å²) in [5.74, 6) is 0.571. The summed E-state index contributed by atoms with van der Waals surface area (Å²) in [6, 6.07) is 16.3. The Balaban J connectivity index is 1.27. The number of nitrogens with one attached hydrogen (secondary N) is 2. The van der Waals surface area contributed by atoms with Gasteiger partial charge in [-0.25, -0.2) is 0 Å². The number of carbonyl (C=O) groups is 2. The Morgan fingerprint density at radius 1 is 1.09 bits per heavy atom. The molecule has 1 saturated heterocycles. The number of carbonyl (C=O) groups excluding carboxylic acids is 2. The molecular weight excluding hydrogens is 426 g/mol. The number of allylic oxidation sites excluding steroid dienone is 1. The number of nitrogens with zero attached hydrogens (tertiary/aromatic N) is 1. The number of fused-ring (bicyclic) bond motifs is 1. The molecule has 0 aromatic heterocycles. The second kappa shape index (κ2) is 9.63. The lowest BCUT2D eigenvalue weighted by molar-refractivity contribution is -0.126. The molecule has 2 amide bonds. The van der Waals surface area contributed by atoms with Gasteiger partial charge in [-0.3, -0.25) is 9.59 Å². The number of piperidine rings is 1. The van der Waals surface area contributed by atoms with E-state index < -0.39 is 6.04 Å². The van der Waals surface area contributed by atoms with Crippen LogP contribution in [0.1, 0.15) is 73.0 Å². The van der Waals surface area contributed by atoms with Crippen LogP contribution in [-0.2, 0) is 11.3 Å². The van der Waals surface area contributed by atoms with Gasteiger partial charge in [0.05, 0.1) is 0 Å². The topological polar surface area (TPSA) is 70.7 Å². The van der Waals surface area contributed by atoms with Crippen molar-refractivity contribution in [3.05, 3.63) is 77.5 Å². The molecule has 3 aliphatic rings. The molecule has 1 saturated carbocycles. The molecule has 5 rings (SSSR count). The second-order valence-corrected chi connectivity index (χ2v) is 9.75. The summed E-state index contributed by atoms with van der Waals surface area (Å²) in [5.41, 5.74) is 3.59. The van der Waals surface area contributed by atoms with Crippen LogP contribution in [0.5, 0.6) is 5.75 Å². The smallest absolute Gasteiger partial charge is 0.255 e. The summed E-state index contributed by atoms with van der Waals surface area (Å²) < 4.78 is 6.50. The van der Waals surface area contributed by atoms with Crippen LogP contribution in [0.25, 0.3) is 0 Å². The van der Waals surface area contributed by atoms with E-state index in [1.165, 1.54) is 12.0 Å². The van der Waals surface area contributed by atoms with E-state index in [1.54, 1.807) is 4.90 Å². The third kappa shape index (κ3) is 4.60. The number of amides is 2. The fraction of sp³-hybridized carbons (Fsp3) is 0.429. The van der Waals surface area contributed by atoms with Gasteiger partial charge < -0.3 is 20.3 Å². The lowest BCUT2D eigenvalue weighted by Gasteiger charge is -2.34. The standard InChI is InChI=1S/C28H33N3O3/c1-18-12-15-25(27(32)29-18)31-17-21-16-22(13-14-23(21)28(31)33)34-26-11-7-6-10-24(26)30-19(2)20-8-4-3-5-9-20/h3-5,8-9,13-14,16,19,24-26,30H,1,6-7,10-12,15,17H2,2H3,(H,29,32)/t19-,24+,25?,26+/m1/s1. The Morgan fingerprint density at radius 2 is 1.88 bits per heavy atom. The van der Waals surface area contributed by atoms with Crippen LogP contribution in [0.15, 0.2) is 60.8 Å². The quantitative estimate of drug-likeness (QED) is 0.669. The van der Waals surface area contributed by atoms with Crippen molar-refractivity contribution in [2.24, 2.45) is 0 Å². The lowest BCUT2D eigenvalue weighted by Crippen LogP contribution is -2.49. The first-order valence-electron chi connectivity index (χ1n) is 12.4. The van der Waals surface area contributed by atoms with Gasteiger partial charge in [-0.15, -0.1) is 0 Å². The first-order chi connectivity index (χ1) is 16.5. The summed E-state index contributed by atoms with van der Waals surface area (Å²) in [5, 5.41) is 6.58. The summed E-state index contributed by atoms with van der Waals surface area (Å²) in [6.45, 7) is 6.47. The van der Waals surface area contributed by atoms with Gasteiger partial charge in [-0.2, -0.15) is 0 Å². The van der Waals surface area contributed by atoms with Crippen LogP contribution in [-0.4, -0.2) is 34.9 Å². The van der Waals surface area contributed by atoms with E-state index in [0.717, 1.165) is 36.3 Å². The predicted molar refractivity (Wildman–Crippen MR) is 131 cm³/mol. The van der Waals surface area contributed by atoms with Gasteiger partial charge in [-0.1, -0.05) is 43.3 Å². The zero-order chi connectivity index (χ0) is 23.7. The average molecular weight is 460 g/mol. The summed E-state index contributed by atoms with van der Waals surface area (Å²) >= 11 is 0. The minimum absolute atomic E-state index is 0.0805. The van der Waals surface area contributed by atoms with E-state index in [1.807, 2.05) is 24.3 Å². The minimum Gasteiger partial charge on any atom is -0.489 e. The Hall–Kier alpha value is -3.12. The monoisotopic (exact) mass is 459 g/mol. The fourth-order valence-electron chi connectivity index (χ4n) is 5.47. The molecular formula is C28H33N3O3. The van der Waals surface area contributed by atoms with Gasteiger partial charge in [0.25, 0.3) is 5.91 Å². The summed E-state index contributed by atoms with van der Waals surface area (Å²) in [6.07, 6.45) is 5.84. The highest BCUT2D eigenvalue weighted by molar-refractivity contribution is 6.01. The number of hydrogen-bond acceptors (Lipinski definition) is 4. The van der Waals surface area contributed by atoms with Crippen LogP contribution in [0.2, 0.25) is 0 Å². The molecule has 4 atom stereocenters. The van der Waals surface area contributed by atoms with Crippen molar-refractivity contribution in [3.63, 3.8) is 0 Å². The maximum absolute atomic E-state index is 13.0. The molecule has 178 valence electrons. The SMILES string of the molecule is C=C1CCC(N2Cc3cc(O[C@H]4CCCC[C@@H]4N[C@H](C)c4ccccc4)ccc3C2=O)C(=O)N1. The van der Waals surface area contributed by atoms with Gasteiger partial charge in [0.15, 0.2) is 0 Å². The normalized spacial score (nSPS) is 25.6. The first kappa shape index (κ1) is 22.7. The Morgan fingerprint density at radius 3 is 2.68 bits per heavy atom. The van der Waals surface area contributed by atoms with Crippen molar-refractivity contribution in [2.75, 3.05) is 0 Å². The first-order valence-corrected chi connectivity index (χ1v) is 12.4. The minimum atomic E-state index is -0.443. The molecule has 0 bridgehead atoms. The summed E-state index contributed by atoms with van der Waals surface area (Å²) in [7, 11) is 0. The third-order valence-electron chi connectivity index (χ3n) is 7.36. The molecule has 2 aromatic rings. The second-order valence-electron chi connectivity index (χ2n) is 9.75. The highest BCUT2D eigenvalue weighted by Crippen LogP contribution is 2.32. The molecule has 2 aliphatic heterocycles. The Kier molecular flexibility index (Phi) is 6.42. The van der Waals surface area contributed by atoms with Gasteiger partial charge in [-0.05, 0) is 68.4 Å². The third-order valence-corrected chi connectivity index (χ3v) is 7.36. The van der Waals surface area contributed by atoms with Gasteiger partial charge in [0.1, 0.15) is 17.9 Å². The maximum Gasteiger partial charge on any atom is 0.255 e. The molecule has 2 fully saturated rings. The van der Waals surface area contributed by atoms with E-state index in [9.17, 15) is 9.59 Å². The molecule has 1 unspecified atom stereocenters. The Bertz CT molecular complexity index is 1080. The average Bonchev–Trinajstić information content (AvgIpc) is 3.16. The number of rotatable bonds is 6. The van der Waals surface area contributed by atoms with Crippen LogP contribution in [0.4, 0.5) is 0 Å². The molecule has 6 nitrogen and oxygen atoms in total. The fourth-order valence-corrected chi connectivity index (χ4v) is 5.47. The van der Waals surface area contributed by atoms with Crippen LogP contribution in [0, 0.1) is 0 Å². The molecule has 2 N–H and O–H groups in total. The number of ether oxygens (including phenoxy) is 1. The molecule has 0 spiro atoms. The maximum atomic E-state index is 13.0. The van der Waals surface area contributed by atoms with Crippen LogP contribution in [0.3, 0.4) is 0 Å². The van der Waals surface area contributed by atoms with E-state index in [0.29, 0.717) is 24.9 Å². The predicted octanol–water partition coefficient (Wildman–Crippen LogP) is 4.48. The molecule has 2 aromatic carbocycles. The molecule has 34 heavy (non-hydrogen) atoms. The highest BCUT2D eigenvalue weighted by Gasteiger charge is 2.38. The zero-order valence-electron chi connectivity index (χ0n) is 19.8. The van der Waals surface area contributed by atoms with E-state index in [-0.39, 0.29) is 30.0 Å². The van der Waals surface area contributed by atoms with E-state index in [2.05, 4.69) is 48.4 Å². The van der Waals surface area contributed by atoms with Crippen molar-refractivity contribution in [1.82, 2.24) is 15.5 Å². The van der Waals surface area contributed by atoms with Crippen molar-refractivity contribution in [3.8, 4) is 5.75 Å². The molecule has 1 aliphatic carbocycles. The Labute approximate surface area is 201 Å². The van der Waals surface area contributed by atoms with Crippen LogP contribution < -0.4 is 15.4 Å². The molecule has 2 heterocycles. The van der Waals surface area contributed by atoms with Crippen molar-refractivity contribution < 1.29 is 14.3 Å². The van der Waals surface area contributed by atoms with Gasteiger partial charge >= 0.3 is 0 Å². The van der Waals surface area contributed by atoms with Gasteiger partial charge in [0.2, 0.25) is 5.91 Å². The van der Waals surface area contributed by atoms with Gasteiger partial charge in [0, 0.05) is 29.9 Å².